The van der Waals surface area contributed by atoms with Crippen molar-refractivity contribution < 1.29 is 14.6 Å². The lowest BCUT2D eigenvalue weighted by atomic mass is 10.2. The molecule has 0 aliphatic carbocycles. The second kappa shape index (κ2) is 8.21. The molecule has 0 unspecified atom stereocenters. The summed E-state index contributed by atoms with van der Waals surface area (Å²) >= 11 is 7.33. The van der Waals surface area contributed by atoms with Crippen LogP contribution >= 0.6 is 23.4 Å². The minimum atomic E-state index is -1.07. The van der Waals surface area contributed by atoms with Crippen LogP contribution in [-0.2, 0) is 17.9 Å². The Hall–Kier alpha value is -1.73. The van der Waals surface area contributed by atoms with E-state index in [1.807, 2.05) is 24.5 Å². The van der Waals surface area contributed by atoms with Gasteiger partial charge in [-0.1, -0.05) is 23.4 Å². The van der Waals surface area contributed by atoms with E-state index in [0.717, 1.165) is 5.56 Å². The van der Waals surface area contributed by atoms with Crippen LogP contribution < -0.4 is 9.84 Å². The third-order valence-electron chi connectivity index (χ3n) is 3.14. The molecule has 2 aromatic rings. The number of thioether (sulfide) groups is 1. The molecule has 0 amide bonds. The number of carboxylic acid groups (broad SMARTS) is 1. The van der Waals surface area contributed by atoms with Gasteiger partial charge in [-0.05, 0) is 44.0 Å². The van der Waals surface area contributed by atoms with Crippen molar-refractivity contribution in [2.75, 3.05) is 5.75 Å². The normalized spacial score (nSPS) is 10.7. The van der Waals surface area contributed by atoms with Gasteiger partial charge in [0.05, 0.1) is 0 Å². The molecule has 6 nitrogen and oxygen atoms in total. The highest BCUT2D eigenvalue weighted by molar-refractivity contribution is 7.99. The maximum absolute atomic E-state index is 10.5. The van der Waals surface area contributed by atoms with Crippen molar-refractivity contribution in [2.45, 2.75) is 38.6 Å². The van der Waals surface area contributed by atoms with Gasteiger partial charge in [0.2, 0.25) is 0 Å². The summed E-state index contributed by atoms with van der Waals surface area (Å²) in [5, 5.41) is 20.0. The average Bonchev–Trinajstić information content (AvgIpc) is 2.90. The molecule has 0 spiro atoms. The zero-order valence-electron chi connectivity index (χ0n) is 12.9. The van der Waals surface area contributed by atoms with Crippen molar-refractivity contribution in [3.63, 3.8) is 0 Å². The van der Waals surface area contributed by atoms with Crippen LogP contribution in [0.2, 0.25) is 5.02 Å². The Morgan fingerprint density at radius 3 is 2.87 bits per heavy atom. The summed E-state index contributed by atoms with van der Waals surface area (Å²) in [6, 6.07) is 5.46. The topological polar surface area (TPSA) is 80.1 Å². The number of halogens is 1. The van der Waals surface area contributed by atoms with Gasteiger partial charge in [-0.3, -0.25) is 0 Å². The first kappa shape index (κ1) is 17.6. The number of carbonyl (C=O) groups is 1. The van der Waals surface area contributed by atoms with Gasteiger partial charge in [0.1, 0.15) is 12.4 Å². The smallest absolute Gasteiger partial charge is 0.191 e. The molecule has 1 aromatic carbocycles. The van der Waals surface area contributed by atoms with Gasteiger partial charge >= 0.3 is 0 Å². The molecule has 2 rings (SSSR count). The molecule has 0 saturated heterocycles. The van der Waals surface area contributed by atoms with Gasteiger partial charge in [0.15, 0.2) is 11.0 Å². The number of nitrogens with zero attached hydrogens (tertiary/aromatic N) is 3. The van der Waals surface area contributed by atoms with Crippen LogP contribution in [0.15, 0.2) is 23.4 Å². The number of rotatable bonds is 8. The molecule has 0 bridgehead atoms. The highest BCUT2D eigenvalue weighted by Gasteiger charge is 2.12. The minimum absolute atomic E-state index is 0.0167. The largest absolute Gasteiger partial charge is 0.550 e. The molecule has 0 radical (unpaired) electrons. The number of carbonyl (C=O) groups excluding carboxylic acids is 1. The fourth-order valence-electron chi connectivity index (χ4n) is 1.93. The van der Waals surface area contributed by atoms with Gasteiger partial charge in [0.25, 0.3) is 0 Å². The Morgan fingerprint density at radius 2 is 2.22 bits per heavy atom. The van der Waals surface area contributed by atoms with Crippen molar-refractivity contribution in [3.05, 3.63) is 34.6 Å². The number of aromatic nitrogens is 3. The molecule has 8 heteroatoms. The SMILES string of the molecule is CCn1c(COc2ccc(Cl)c(C)c2)nnc1SCCC(=O)[O-]. The van der Waals surface area contributed by atoms with Gasteiger partial charge < -0.3 is 19.2 Å². The lowest BCUT2D eigenvalue weighted by molar-refractivity contribution is -0.305. The summed E-state index contributed by atoms with van der Waals surface area (Å²) in [6.45, 7) is 4.85. The Labute approximate surface area is 143 Å². The zero-order chi connectivity index (χ0) is 16.8. The summed E-state index contributed by atoms with van der Waals surface area (Å²) in [5.74, 6) is 0.735. The van der Waals surface area contributed by atoms with Crippen molar-refractivity contribution in [2.24, 2.45) is 0 Å². The average molecular weight is 355 g/mol. The summed E-state index contributed by atoms with van der Waals surface area (Å²) in [4.78, 5) is 10.5. The predicted octanol–water partition coefficient (Wildman–Crippen LogP) is 2.07. The second-order valence-corrected chi connectivity index (χ2v) is 6.28. The van der Waals surface area contributed by atoms with Gasteiger partial charge in [-0.2, -0.15) is 0 Å². The molecule has 23 heavy (non-hydrogen) atoms. The molecule has 0 aliphatic rings. The van der Waals surface area contributed by atoms with E-state index in [2.05, 4.69) is 10.2 Å². The van der Waals surface area contributed by atoms with Gasteiger partial charge in [-0.15, -0.1) is 10.2 Å². The van der Waals surface area contributed by atoms with Crippen LogP contribution in [0, 0.1) is 6.92 Å². The number of hydrogen-bond donors (Lipinski definition) is 0. The molecule has 1 aromatic heterocycles. The van der Waals surface area contributed by atoms with Crippen LogP contribution in [-0.4, -0.2) is 26.5 Å². The Balaban J connectivity index is 2.00. The third-order valence-corrected chi connectivity index (χ3v) is 4.54. The molecule has 0 atom stereocenters. The summed E-state index contributed by atoms with van der Waals surface area (Å²) < 4.78 is 7.64. The molecule has 0 N–H and O–H groups in total. The van der Waals surface area contributed by atoms with E-state index in [4.69, 9.17) is 16.3 Å². The second-order valence-electron chi connectivity index (χ2n) is 4.81. The molecule has 0 aliphatic heterocycles. The number of carboxylic acids is 1. The highest BCUT2D eigenvalue weighted by Crippen LogP contribution is 2.22. The van der Waals surface area contributed by atoms with Crippen LogP contribution in [0.4, 0.5) is 0 Å². The van der Waals surface area contributed by atoms with E-state index in [9.17, 15) is 9.90 Å². The van der Waals surface area contributed by atoms with E-state index >= 15 is 0 Å². The van der Waals surface area contributed by atoms with Crippen molar-refractivity contribution in [1.29, 1.82) is 0 Å². The quantitative estimate of drug-likeness (QED) is 0.675. The molecule has 0 fully saturated rings. The van der Waals surface area contributed by atoms with E-state index < -0.39 is 5.97 Å². The first-order valence-corrected chi connectivity index (χ1v) is 8.51. The standard InChI is InChI=1S/C15H18ClN3O3S/c1-3-19-13(17-18-15(19)23-7-6-14(20)21)9-22-11-4-5-12(16)10(2)8-11/h4-5,8H,3,6-7,9H2,1-2H3,(H,20,21)/p-1. The lowest BCUT2D eigenvalue weighted by Crippen LogP contribution is -2.22. The van der Waals surface area contributed by atoms with E-state index in [1.165, 1.54) is 11.8 Å². The molecule has 124 valence electrons. The summed E-state index contributed by atoms with van der Waals surface area (Å²) in [7, 11) is 0. The first-order valence-electron chi connectivity index (χ1n) is 7.15. The molecule has 0 saturated carbocycles. The number of benzene rings is 1. The number of aliphatic carboxylic acids is 1. The lowest BCUT2D eigenvalue weighted by Gasteiger charge is -2.09. The highest BCUT2D eigenvalue weighted by atomic mass is 35.5. The maximum Gasteiger partial charge on any atom is 0.191 e. The Kier molecular flexibility index (Phi) is 6.29. The van der Waals surface area contributed by atoms with Crippen LogP contribution in [0.5, 0.6) is 5.75 Å². The van der Waals surface area contributed by atoms with Gasteiger partial charge in [0, 0.05) is 23.3 Å². The maximum atomic E-state index is 10.5. The zero-order valence-corrected chi connectivity index (χ0v) is 14.5. The summed E-state index contributed by atoms with van der Waals surface area (Å²) in [5.41, 5.74) is 0.944. The number of aryl methyl sites for hydroxylation is 1. The number of hydrogen-bond acceptors (Lipinski definition) is 6. The summed E-state index contributed by atoms with van der Waals surface area (Å²) in [6.07, 6.45) is -0.0167. The molecular weight excluding hydrogens is 338 g/mol. The van der Waals surface area contributed by atoms with Crippen LogP contribution in [0.1, 0.15) is 24.7 Å². The molecule has 1 heterocycles. The Morgan fingerprint density at radius 1 is 1.43 bits per heavy atom. The van der Waals surface area contributed by atoms with E-state index in [0.29, 0.717) is 34.1 Å². The fraction of sp³-hybridized carbons (Fsp3) is 0.400. The van der Waals surface area contributed by atoms with E-state index in [-0.39, 0.29) is 13.0 Å². The van der Waals surface area contributed by atoms with Gasteiger partial charge in [-0.25, -0.2) is 0 Å². The van der Waals surface area contributed by atoms with Crippen molar-refractivity contribution in [3.8, 4) is 5.75 Å². The Bertz CT molecular complexity index is 691. The number of ether oxygens (including phenoxy) is 1. The van der Waals surface area contributed by atoms with Crippen LogP contribution in [0.25, 0.3) is 0 Å². The van der Waals surface area contributed by atoms with Crippen molar-refractivity contribution in [1.82, 2.24) is 14.8 Å². The molecular formula is C15H17ClN3O3S-. The van der Waals surface area contributed by atoms with Crippen molar-refractivity contribution >= 4 is 29.3 Å². The minimum Gasteiger partial charge on any atom is -0.550 e. The monoisotopic (exact) mass is 354 g/mol. The predicted molar refractivity (Wildman–Crippen MR) is 86.6 cm³/mol. The first-order chi connectivity index (χ1) is 11.0. The fourth-order valence-corrected chi connectivity index (χ4v) is 2.99. The van der Waals surface area contributed by atoms with Crippen LogP contribution in [0.3, 0.4) is 0 Å². The third kappa shape index (κ3) is 4.87. The van der Waals surface area contributed by atoms with E-state index in [1.54, 1.807) is 12.1 Å².